The first-order valence-corrected chi connectivity index (χ1v) is 2.77. The van der Waals surface area contributed by atoms with Gasteiger partial charge in [0.15, 0.2) is 0 Å². The summed E-state index contributed by atoms with van der Waals surface area (Å²) in [5.74, 6) is -0.125. The summed E-state index contributed by atoms with van der Waals surface area (Å²) in [5, 5.41) is 13.9. The van der Waals surface area contributed by atoms with Gasteiger partial charge in [-0.2, -0.15) is 0 Å². The molecule has 0 spiro atoms. The van der Waals surface area contributed by atoms with Crippen LogP contribution in [-0.4, -0.2) is 27.9 Å². The molecule has 0 saturated carbocycles. The number of carbonyl (C=O) groups is 3. The fourth-order valence-electron chi connectivity index (χ4n) is 0.351. The minimum Gasteiger partial charge on any atom is -1.00 e. The summed E-state index contributed by atoms with van der Waals surface area (Å²) in [7, 11) is 0. The van der Waals surface area contributed by atoms with Crippen LogP contribution < -0.4 is 51.4 Å². The standard InChI is InChI=1S/C5H8O2.CH2O3.K.H/c1-4(6)3-5(2)7;2-1(3)4;;/h3H2,1-2H3;(H2,2,3,4);;/q;;+1;-1. The van der Waals surface area contributed by atoms with E-state index in [9.17, 15) is 9.59 Å². The maximum atomic E-state index is 10.0. The van der Waals surface area contributed by atoms with Crippen molar-refractivity contribution in [2.45, 2.75) is 20.3 Å². The normalized spacial score (nSPS) is 6.83. The maximum absolute atomic E-state index is 10.0. The third-order valence-electron chi connectivity index (χ3n) is 0.498. The number of hydrogen-bond acceptors (Lipinski definition) is 3. The number of carbonyl (C=O) groups excluding carboxylic acids is 2. The molecule has 0 rings (SSSR count). The van der Waals surface area contributed by atoms with Gasteiger partial charge in [-0.3, -0.25) is 9.59 Å². The molecule has 0 aliphatic rings. The minimum atomic E-state index is -1.83. The smallest absolute Gasteiger partial charge is 1.00 e. The molecule has 0 radical (unpaired) electrons. The van der Waals surface area contributed by atoms with E-state index in [0.717, 1.165) is 0 Å². The van der Waals surface area contributed by atoms with Crippen molar-refractivity contribution in [2.24, 2.45) is 0 Å². The molecule has 12 heavy (non-hydrogen) atoms. The molecular weight excluding hydrogens is 191 g/mol. The van der Waals surface area contributed by atoms with Gasteiger partial charge in [0.25, 0.3) is 0 Å². The Bertz CT molecular complexity index is 154. The van der Waals surface area contributed by atoms with Gasteiger partial charge in [0, 0.05) is 0 Å². The van der Waals surface area contributed by atoms with Crippen molar-refractivity contribution >= 4 is 17.7 Å². The van der Waals surface area contributed by atoms with E-state index in [4.69, 9.17) is 15.0 Å². The van der Waals surface area contributed by atoms with Crippen LogP contribution in [0.15, 0.2) is 0 Å². The van der Waals surface area contributed by atoms with Gasteiger partial charge in [0.1, 0.15) is 11.6 Å². The summed E-state index contributed by atoms with van der Waals surface area (Å²) >= 11 is 0. The molecule has 0 aliphatic heterocycles. The predicted octanol–water partition coefficient (Wildman–Crippen LogP) is -2.11. The first-order chi connectivity index (χ1) is 4.86. The number of Topliss-reactive ketones (excluding diaryl/α,β-unsaturated/α-hetero) is 2. The SMILES string of the molecule is CC(=O)CC(C)=O.O=C(O)O.[H-].[K+]. The molecule has 0 unspecified atom stereocenters. The summed E-state index contributed by atoms with van der Waals surface area (Å²) in [5.41, 5.74) is 0. The molecule has 2 N–H and O–H groups in total. The molecule has 0 atom stereocenters. The Morgan fingerprint density at radius 3 is 1.25 bits per heavy atom. The van der Waals surface area contributed by atoms with Crippen LogP contribution >= 0.6 is 0 Å². The molecule has 0 fully saturated rings. The van der Waals surface area contributed by atoms with Crippen molar-refractivity contribution in [2.75, 3.05) is 0 Å². The van der Waals surface area contributed by atoms with Crippen LogP contribution in [0.4, 0.5) is 4.79 Å². The average molecular weight is 202 g/mol. The number of hydrogen-bond donors (Lipinski definition) is 2. The zero-order chi connectivity index (χ0) is 9.44. The first kappa shape index (κ1) is 18.1. The molecule has 0 bridgehead atoms. The van der Waals surface area contributed by atoms with E-state index in [2.05, 4.69) is 0 Å². The third-order valence-corrected chi connectivity index (χ3v) is 0.498. The summed E-state index contributed by atoms with van der Waals surface area (Å²) in [6.07, 6.45) is -1.75. The summed E-state index contributed by atoms with van der Waals surface area (Å²) < 4.78 is 0. The maximum Gasteiger partial charge on any atom is 1.00 e. The average Bonchev–Trinajstić information content (AvgIpc) is 1.56. The molecule has 0 aliphatic carbocycles. The zero-order valence-electron chi connectivity index (χ0n) is 8.33. The van der Waals surface area contributed by atoms with Gasteiger partial charge in [0.2, 0.25) is 0 Å². The number of rotatable bonds is 2. The van der Waals surface area contributed by atoms with E-state index in [-0.39, 0.29) is 70.8 Å². The Morgan fingerprint density at radius 2 is 1.25 bits per heavy atom. The number of carboxylic acid groups (broad SMARTS) is 2. The van der Waals surface area contributed by atoms with Crippen LogP contribution in [0.2, 0.25) is 0 Å². The Morgan fingerprint density at radius 1 is 1.08 bits per heavy atom. The fourth-order valence-corrected chi connectivity index (χ4v) is 0.351. The van der Waals surface area contributed by atoms with Crippen molar-refractivity contribution < 1.29 is 77.4 Å². The first-order valence-electron chi connectivity index (χ1n) is 2.77. The van der Waals surface area contributed by atoms with E-state index in [1.807, 2.05) is 0 Å². The molecule has 0 aromatic rings. The summed E-state index contributed by atoms with van der Waals surface area (Å²) in [4.78, 5) is 28.6. The number of ketones is 2. The van der Waals surface area contributed by atoms with Crippen molar-refractivity contribution in [3.8, 4) is 0 Å². The van der Waals surface area contributed by atoms with E-state index >= 15 is 0 Å². The molecule has 0 aromatic heterocycles. The van der Waals surface area contributed by atoms with Crippen LogP contribution in [-0.2, 0) is 9.59 Å². The van der Waals surface area contributed by atoms with Crippen molar-refractivity contribution in [1.29, 1.82) is 0 Å². The molecule has 6 heteroatoms. The topological polar surface area (TPSA) is 91.7 Å². The molecule has 0 amide bonds. The quantitative estimate of drug-likeness (QED) is 0.395. The Labute approximate surface area is 114 Å². The van der Waals surface area contributed by atoms with Crippen LogP contribution in [0.3, 0.4) is 0 Å². The van der Waals surface area contributed by atoms with Crippen molar-refractivity contribution in [3.05, 3.63) is 0 Å². The van der Waals surface area contributed by atoms with E-state index in [0.29, 0.717) is 0 Å². The molecule has 0 saturated heterocycles. The molecule has 0 aromatic carbocycles. The minimum absolute atomic E-state index is 0. The predicted molar refractivity (Wildman–Crippen MR) is 37.7 cm³/mol. The van der Waals surface area contributed by atoms with Crippen LogP contribution in [0, 0.1) is 0 Å². The van der Waals surface area contributed by atoms with Crippen molar-refractivity contribution in [3.63, 3.8) is 0 Å². The monoisotopic (exact) mass is 202 g/mol. The third kappa shape index (κ3) is 48.6. The molecule has 66 valence electrons. The molecular formula is C6H11KO5. The summed E-state index contributed by atoms with van der Waals surface area (Å²) in [6, 6.07) is 0. The van der Waals surface area contributed by atoms with Gasteiger partial charge in [-0.05, 0) is 13.8 Å². The largest absolute Gasteiger partial charge is 1.00 e. The van der Waals surface area contributed by atoms with Gasteiger partial charge >= 0.3 is 57.5 Å². The zero-order valence-corrected chi connectivity index (χ0v) is 10.4. The van der Waals surface area contributed by atoms with Gasteiger partial charge < -0.3 is 11.6 Å². The van der Waals surface area contributed by atoms with Crippen LogP contribution in [0.5, 0.6) is 0 Å². The van der Waals surface area contributed by atoms with Gasteiger partial charge in [-0.25, -0.2) is 4.79 Å². The van der Waals surface area contributed by atoms with Gasteiger partial charge in [0.05, 0.1) is 6.42 Å². The molecule has 5 nitrogen and oxygen atoms in total. The van der Waals surface area contributed by atoms with Crippen molar-refractivity contribution in [1.82, 2.24) is 0 Å². The second kappa shape index (κ2) is 11.2. The van der Waals surface area contributed by atoms with Gasteiger partial charge in [-0.15, -0.1) is 0 Å². The Balaban J connectivity index is -0.0000000600. The van der Waals surface area contributed by atoms with Crippen LogP contribution in [0.25, 0.3) is 0 Å². The van der Waals surface area contributed by atoms with Crippen LogP contribution in [0.1, 0.15) is 21.7 Å². The Kier molecular flexibility index (Phi) is 17.0. The fraction of sp³-hybridized carbons (Fsp3) is 0.500. The van der Waals surface area contributed by atoms with E-state index in [1.54, 1.807) is 0 Å². The summed E-state index contributed by atoms with van der Waals surface area (Å²) in [6.45, 7) is 2.81. The second-order valence-electron chi connectivity index (χ2n) is 1.86. The Hall–Kier alpha value is 0.246. The van der Waals surface area contributed by atoms with Gasteiger partial charge in [-0.1, -0.05) is 0 Å². The van der Waals surface area contributed by atoms with E-state index in [1.165, 1.54) is 13.8 Å². The molecule has 0 heterocycles. The van der Waals surface area contributed by atoms with E-state index < -0.39 is 6.16 Å². The second-order valence-corrected chi connectivity index (χ2v) is 1.86.